The van der Waals surface area contributed by atoms with E-state index in [1.54, 1.807) is 0 Å². The third kappa shape index (κ3) is 4.95. The second-order valence-electron chi connectivity index (χ2n) is 5.97. The number of aryl methyl sites for hydroxylation is 1. The van der Waals surface area contributed by atoms with Crippen LogP contribution in [0.1, 0.15) is 27.0 Å². The van der Waals surface area contributed by atoms with E-state index in [2.05, 4.69) is 5.32 Å². The van der Waals surface area contributed by atoms with Crippen molar-refractivity contribution in [1.29, 1.82) is 0 Å². The van der Waals surface area contributed by atoms with Crippen LogP contribution in [0.4, 0.5) is 0 Å². The Kier molecular flexibility index (Phi) is 5.47. The molecule has 1 amide bonds. The van der Waals surface area contributed by atoms with E-state index in [0.29, 0.717) is 18.7 Å². The molecule has 25 heavy (non-hydrogen) atoms. The highest BCUT2D eigenvalue weighted by Gasteiger charge is 2.05. The fourth-order valence-corrected chi connectivity index (χ4v) is 2.43. The molecule has 0 fully saturated rings. The topological polar surface area (TPSA) is 38.3 Å². The van der Waals surface area contributed by atoms with Gasteiger partial charge in [0, 0.05) is 12.1 Å². The lowest BCUT2D eigenvalue weighted by Crippen LogP contribution is -2.22. The average Bonchev–Trinajstić information content (AvgIpc) is 2.67. The molecule has 0 bridgehead atoms. The van der Waals surface area contributed by atoms with Crippen LogP contribution in [0.5, 0.6) is 5.75 Å². The Balaban J connectivity index is 1.52. The summed E-state index contributed by atoms with van der Waals surface area (Å²) in [5.41, 5.74) is 3.97. The van der Waals surface area contributed by atoms with Gasteiger partial charge < -0.3 is 10.1 Å². The summed E-state index contributed by atoms with van der Waals surface area (Å²) in [7, 11) is 0. The lowest BCUT2D eigenvalue weighted by molar-refractivity contribution is 0.0951. The quantitative estimate of drug-likeness (QED) is 0.722. The highest BCUT2D eigenvalue weighted by Crippen LogP contribution is 2.14. The number of ether oxygens (including phenoxy) is 1. The van der Waals surface area contributed by atoms with E-state index in [1.165, 1.54) is 5.56 Å². The zero-order chi connectivity index (χ0) is 17.5. The van der Waals surface area contributed by atoms with Gasteiger partial charge in [-0.3, -0.25) is 4.79 Å². The second-order valence-corrected chi connectivity index (χ2v) is 5.97. The summed E-state index contributed by atoms with van der Waals surface area (Å²) in [5.74, 6) is 0.769. The number of hydrogen-bond acceptors (Lipinski definition) is 2. The van der Waals surface area contributed by atoms with Crippen LogP contribution in [0.2, 0.25) is 0 Å². The minimum Gasteiger partial charge on any atom is -0.489 e. The molecule has 3 rings (SSSR count). The molecular formula is C22H21NO2. The van der Waals surface area contributed by atoms with Gasteiger partial charge in [0.05, 0.1) is 0 Å². The molecule has 0 saturated heterocycles. The second kappa shape index (κ2) is 8.15. The molecule has 0 atom stereocenters. The Morgan fingerprint density at radius 3 is 2.20 bits per heavy atom. The van der Waals surface area contributed by atoms with Gasteiger partial charge in [0.15, 0.2) is 0 Å². The van der Waals surface area contributed by atoms with E-state index in [0.717, 1.165) is 16.9 Å². The van der Waals surface area contributed by atoms with Crippen molar-refractivity contribution in [3.05, 3.63) is 101 Å². The first-order valence-electron chi connectivity index (χ1n) is 8.31. The van der Waals surface area contributed by atoms with Crippen LogP contribution in [0.3, 0.4) is 0 Å². The summed E-state index contributed by atoms with van der Waals surface area (Å²) >= 11 is 0. The van der Waals surface area contributed by atoms with Crippen LogP contribution in [0, 0.1) is 6.92 Å². The molecule has 1 N–H and O–H groups in total. The minimum absolute atomic E-state index is 0.0742. The van der Waals surface area contributed by atoms with Gasteiger partial charge in [0.2, 0.25) is 0 Å². The summed E-state index contributed by atoms with van der Waals surface area (Å²) in [6.45, 7) is 3.05. The van der Waals surface area contributed by atoms with Crippen molar-refractivity contribution < 1.29 is 9.53 Å². The zero-order valence-electron chi connectivity index (χ0n) is 14.2. The molecule has 0 aliphatic carbocycles. The molecule has 3 nitrogen and oxygen atoms in total. The van der Waals surface area contributed by atoms with Crippen LogP contribution in [-0.4, -0.2) is 5.91 Å². The van der Waals surface area contributed by atoms with Gasteiger partial charge in [0.25, 0.3) is 5.91 Å². The molecule has 3 heteroatoms. The maximum absolute atomic E-state index is 12.2. The van der Waals surface area contributed by atoms with Gasteiger partial charge in [-0.25, -0.2) is 0 Å². The molecule has 0 unspecified atom stereocenters. The van der Waals surface area contributed by atoms with Crippen LogP contribution >= 0.6 is 0 Å². The lowest BCUT2D eigenvalue weighted by Gasteiger charge is -2.08. The highest BCUT2D eigenvalue weighted by atomic mass is 16.5. The Morgan fingerprint density at radius 2 is 1.52 bits per heavy atom. The number of nitrogens with one attached hydrogen (secondary N) is 1. The first kappa shape index (κ1) is 16.8. The van der Waals surface area contributed by atoms with E-state index >= 15 is 0 Å². The van der Waals surface area contributed by atoms with Crippen molar-refractivity contribution in [2.24, 2.45) is 0 Å². The van der Waals surface area contributed by atoms with Gasteiger partial charge in [-0.1, -0.05) is 60.2 Å². The van der Waals surface area contributed by atoms with Crippen molar-refractivity contribution in [3.63, 3.8) is 0 Å². The number of benzene rings is 3. The van der Waals surface area contributed by atoms with Crippen LogP contribution in [-0.2, 0) is 13.2 Å². The third-order valence-electron chi connectivity index (χ3n) is 3.94. The molecule has 3 aromatic rings. The molecule has 126 valence electrons. The number of carbonyl (C=O) groups is 1. The molecular weight excluding hydrogens is 310 g/mol. The van der Waals surface area contributed by atoms with Gasteiger partial charge in [-0.15, -0.1) is 0 Å². The molecule has 0 heterocycles. The van der Waals surface area contributed by atoms with Crippen molar-refractivity contribution >= 4 is 5.91 Å². The zero-order valence-corrected chi connectivity index (χ0v) is 14.2. The van der Waals surface area contributed by atoms with Crippen molar-refractivity contribution in [3.8, 4) is 5.75 Å². The van der Waals surface area contributed by atoms with Gasteiger partial charge in [-0.05, 0) is 42.3 Å². The summed E-state index contributed by atoms with van der Waals surface area (Å²) in [4.78, 5) is 12.2. The fourth-order valence-electron chi connectivity index (χ4n) is 2.43. The van der Waals surface area contributed by atoms with Crippen molar-refractivity contribution in [1.82, 2.24) is 5.32 Å². The first-order valence-corrected chi connectivity index (χ1v) is 8.31. The van der Waals surface area contributed by atoms with Crippen molar-refractivity contribution in [2.45, 2.75) is 20.1 Å². The lowest BCUT2D eigenvalue weighted by atomic mass is 10.1. The van der Waals surface area contributed by atoms with Crippen molar-refractivity contribution in [2.75, 3.05) is 0 Å². The average molecular weight is 331 g/mol. The van der Waals surface area contributed by atoms with Gasteiger partial charge in [0.1, 0.15) is 12.4 Å². The Morgan fingerprint density at radius 1 is 0.840 bits per heavy atom. The molecule has 3 aromatic carbocycles. The van der Waals surface area contributed by atoms with E-state index in [4.69, 9.17) is 4.74 Å². The smallest absolute Gasteiger partial charge is 0.251 e. The standard InChI is InChI=1S/C22H21NO2/c1-17-7-13-21(14-8-17)25-16-19-9-11-20(12-10-19)22(24)23-15-18-5-3-2-4-6-18/h2-14H,15-16H2,1H3,(H,23,24). The predicted octanol–water partition coefficient (Wildman–Crippen LogP) is 4.50. The third-order valence-corrected chi connectivity index (χ3v) is 3.94. The Bertz CT molecular complexity index is 809. The first-order chi connectivity index (χ1) is 12.2. The molecule has 0 spiro atoms. The maximum Gasteiger partial charge on any atom is 0.251 e. The molecule has 0 aromatic heterocycles. The SMILES string of the molecule is Cc1ccc(OCc2ccc(C(=O)NCc3ccccc3)cc2)cc1. The highest BCUT2D eigenvalue weighted by molar-refractivity contribution is 5.94. The van der Waals surface area contributed by atoms with Gasteiger partial charge in [-0.2, -0.15) is 0 Å². The fraction of sp³-hybridized carbons (Fsp3) is 0.136. The summed E-state index contributed by atoms with van der Waals surface area (Å²) in [6, 6.07) is 25.3. The van der Waals surface area contributed by atoms with Crippen LogP contribution < -0.4 is 10.1 Å². The maximum atomic E-state index is 12.2. The largest absolute Gasteiger partial charge is 0.489 e. The Hall–Kier alpha value is -3.07. The van der Waals surface area contributed by atoms with Crippen LogP contribution in [0.25, 0.3) is 0 Å². The summed E-state index contributed by atoms with van der Waals surface area (Å²) in [6.07, 6.45) is 0. The monoisotopic (exact) mass is 331 g/mol. The molecule has 0 aliphatic heterocycles. The van der Waals surface area contributed by atoms with Gasteiger partial charge >= 0.3 is 0 Å². The number of carbonyl (C=O) groups excluding carboxylic acids is 1. The molecule has 0 aliphatic rings. The summed E-state index contributed by atoms with van der Waals surface area (Å²) in [5, 5.41) is 2.93. The molecule has 0 radical (unpaired) electrons. The van der Waals surface area contributed by atoms with E-state index < -0.39 is 0 Å². The molecule has 0 saturated carbocycles. The van der Waals surface area contributed by atoms with E-state index in [9.17, 15) is 4.79 Å². The van der Waals surface area contributed by atoms with Crippen LogP contribution in [0.15, 0.2) is 78.9 Å². The Labute approximate surface area is 148 Å². The van der Waals surface area contributed by atoms with E-state index in [-0.39, 0.29) is 5.91 Å². The number of hydrogen-bond donors (Lipinski definition) is 1. The number of rotatable bonds is 6. The minimum atomic E-state index is -0.0742. The number of amides is 1. The summed E-state index contributed by atoms with van der Waals surface area (Å²) < 4.78 is 5.75. The van der Waals surface area contributed by atoms with E-state index in [1.807, 2.05) is 85.8 Å². The normalized spacial score (nSPS) is 10.3. The predicted molar refractivity (Wildman–Crippen MR) is 99.6 cm³/mol.